The first-order chi connectivity index (χ1) is 30.5. The highest BCUT2D eigenvalue weighted by atomic mass is 16.5. The van der Waals surface area contributed by atoms with Crippen molar-refractivity contribution in [2.24, 2.45) is 0 Å². The summed E-state index contributed by atoms with van der Waals surface area (Å²) in [7, 11) is 0. The number of unbranched alkanes of at least 4 members (excludes halogenated alkanes) is 38. The molecule has 0 fully saturated rings. The summed E-state index contributed by atoms with van der Waals surface area (Å²) in [6.07, 6.45) is 61.9. The zero-order chi connectivity index (χ0) is 45.1. The monoisotopic (exact) mass is 874 g/mol. The van der Waals surface area contributed by atoms with Crippen molar-refractivity contribution < 1.29 is 24.5 Å². The second kappa shape index (κ2) is 52.0. The second-order valence-electron chi connectivity index (χ2n) is 18.9. The molecule has 0 heterocycles. The SMILES string of the molecule is CCCC/C=C\CCCCCCCC(=O)OCCCCCCCCCCCCCCCCCCCCCC(=O)NC(CO)C(O)/C=C/CCCCCCCCCCCCCCC. The predicted octanol–water partition coefficient (Wildman–Crippen LogP) is 16.7. The fourth-order valence-electron chi connectivity index (χ4n) is 8.44. The van der Waals surface area contributed by atoms with Crippen molar-refractivity contribution in [3.8, 4) is 0 Å². The quantitative estimate of drug-likeness (QED) is 0.0321. The van der Waals surface area contributed by atoms with Gasteiger partial charge in [0.25, 0.3) is 0 Å². The van der Waals surface area contributed by atoms with Crippen LogP contribution in [0.25, 0.3) is 0 Å². The van der Waals surface area contributed by atoms with Gasteiger partial charge in [0.15, 0.2) is 0 Å². The number of nitrogens with one attached hydrogen (secondary N) is 1. The van der Waals surface area contributed by atoms with Gasteiger partial charge in [0.2, 0.25) is 5.91 Å². The number of esters is 1. The zero-order valence-electron chi connectivity index (χ0n) is 41.6. The Labute approximate surface area is 386 Å². The number of rotatable bonds is 51. The number of carbonyl (C=O) groups excluding carboxylic acids is 2. The molecule has 1 amide bonds. The molecule has 0 aliphatic heterocycles. The summed E-state index contributed by atoms with van der Waals surface area (Å²) < 4.78 is 5.45. The van der Waals surface area contributed by atoms with Crippen molar-refractivity contribution in [3.05, 3.63) is 24.3 Å². The van der Waals surface area contributed by atoms with Gasteiger partial charge in [0.05, 0.1) is 25.4 Å². The molecular formula is C56H107NO5. The van der Waals surface area contributed by atoms with Gasteiger partial charge in [-0.15, -0.1) is 0 Å². The van der Waals surface area contributed by atoms with Crippen LogP contribution in [0.15, 0.2) is 24.3 Å². The van der Waals surface area contributed by atoms with E-state index in [1.165, 1.54) is 225 Å². The second-order valence-corrected chi connectivity index (χ2v) is 18.9. The Bertz CT molecular complexity index is 966. The molecule has 0 saturated heterocycles. The molecule has 2 unspecified atom stereocenters. The standard InChI is InChI=1S/C56H107NO5/c1-3-5-7-9-11-13-15-16-22-25-29-32-36-40-44-48-54(59)53(52-58)57-55(60)49-45-41-37-33-30-26-23-20-18-17-19-21-24-27-31-35-39-43-47-51-62-56(61)50-46-42-38-34-28-14-12-10-8-6-4-2/h10,12,44,48,53-54,58-59H,3-9,11,13-43,45-47,49-52H2,1-2H3,(H,57,60)/b12-10-,48-44+. The Morgan fingerprint density at radius 1 is 0.435 bits per heavy atom. The number of aliphatic hydroxyl groups excluding tert-OH is 2. The normalized spacial score (nSPS) is 12.8. The van der Waals surface area contributed by atoms with Crippen LogP contribution in [-0.2, 0) is 14.3 Å². The molecule has 2 atom stereocenters. The largest absolute Gasteiger partial charge is 0.466 e. The molecule has 6 nitrogen and oxygen atoms in total. The molecule has 0 bridgehead atoms. The summed E-state index contributed by atoms with van der Waals surface area (Å²) in [5.41, 5.74) is 0. The Morgan fingerprint density at radius 2 is 0.774 bits per heavy atom. The van der Waals surface area contributed by atoms with Gasteiger partial charge in [-0.1, -0.05) is 256 Å². The van der Waals surface area contributed by atoms with E-state index in [1.807, 2.05) is 6.08 Å². The van der Waals surface area contributed by atoms with E-state index in [4.69, 9.17) is 4.74 Å². The predicted molar refractivity (Wildman–Crippen MR) is 269 cm³/mol. The van der Waals surface area contributed by atoms with Crippen molar-refractivity contribution in [2.45, 2.75) is 309 Å². The molecule has 0 saturated carbocycles. The summed E-state index contributed by atoms with van der Waals surface area (Å²) in [5, 5.41) is 23.1. The van der Waals surface area contributed by atoms with Gasteiger partial charge in [-0.25, -0.2) is 0 Å². The zero-order valence-corrected chi connectivity index (χ0v) is 41.6. The number of aliphatic hydroxyl groups is 2. The molecule has 3 N–H and O–H groups in total. The highest BCUT2D eigenvalue weighted by molar-refractivity contribution is 5.76. The van der Waals surface area contributed by atoms with Crippen molar-refractivity contribution >= 4 is 11.9 Å². The lowest BCUT2D eigenvalue weighted by Crippen LogP contribution is -2.45. The van der Waals surface area contributed by atoms with Crippen molar-refractivity contribution in [1.29, 1.82) is 0 Å². The molecule has 62 heavy (non-hydrogen) atoms. The van der Waals surface area contributed by atoms with Crippen LogP contribution in [0.4, 0.5) is 0 Å². The van der Waals surface area contributed by atoms with Crippen molar-refractivity contribution in [2.75, 3.05) is 13.2 Å². The van der Waals surface area contributed by atoms with Crippen LogP contribution in [0, 0.1) is 0 Å². The molecule has 0 aromatic heterocycles. The number of allylic oxidation sites excluding steroid dienone is 3. The molecule has 0 aromatic carbocycles. The molecular weight excluding hydrogens is 767 g/mol. The third kappa shape index (κ3) is 47.8. The Balaban J connectivity index is 3.44. The average Bonchev–Trinajstić information content (AvgIpc) is 3.27. The topological polar surface area (TPSA) is 95.9 Å². The van der Waals surface area contributed by atoms with Gasteiger partial charge in [-0.3, -0.25) is 9.59 Å². The van der Waals surface area contributed by atoms with Gasteiger partial charge >= 0.3 is 5.97 Å². The number of hydrogen-bond donors (Lipinski definition) is 3. The molecule has 0 radical (unpaired) electrons. The van der Waals surface area contributed by atoms with Crippen molar-refractivity contribution in [1.82, 2.24) is 5.32 Å². The summed E-state index contributed by atoms with van der Waals surface area (Å²) in [4.78, 5) is 24.4. The number of ether oxygens (including phenoxy) is 1. The van der Waals surface area contributed by atoms with Crippen LogP contribution in [-0.4, -0.2) is 47.4 Å². The van der Waals surface area contributed by atoms with Crippen LogP contribution in [0.2, 0.25) is 0 Å². The highest BCUT2D eigenvalue weighted by Gasteiger charge is 2.18. The maximum Gasteiger partial charge on any atom is 0.305 e. The minimum Gasteiger partial charge on any atom is -0.466 e. The number of carbonyl (C=O) groups is 2. The smallest absolute Gasteiger partial charge is 0.305 e. The molecule has 0 aliphatic rings. The lowest BCUT2D eigenvalue weighted by atomic mass is 10.0. The van der Waals surface area contributed by atoms with E-state index in [0.717, 1.165) is 44.9 Å². The van der Waals surface area contributed by atoms with E-state index >= 15 is 0 Å². The number of amides is 1. The lowest BCUT2D eigenvalue weighted by molar-refractivity contribution is -0.143. The van der Waals surface area contributed by atoms with E-state index in [1.54, 1.807) is 6.08 Å². The van der Waals surface area contributed by atoms with Crippen LogP contribution in [0.1, 0.15) is 296 Å². The first-order valence-corrected chi connectivity index (χ1v) is 27.6. The van der Waals surface area contributed by atoms with Crippen LogP contribution in [0.5, 0.6) is 0 Å². The van der Waals surface area contributed by atoms with Crippen LogP contribution < -0.4 is 5.32 Å². The highest BCUT2D eigenvalue weighted by Crippen LogP contribution is 2.17. The van der Waals surface area contributed by atoms with Crippen molar-refractivity contribution in [3.63, 3.8) is 0 Å². The molecule has 366 valence electrons. The van der Waals surface area contributed by atoms with Crippen LogP contribution >= 0.6 is 0 Å². The fraction of sp³-hybridized carbons (Fsp3) is 0.893. The van der Waals surface area contributed by atoms with Gasteiger partial charge < -0.3 is 20.3 Å². The minimum absolute atomic E-state index is 0.00291. The Hall–Kier alpha value is -1.66. The first kappa shape index (κ1) is 60.3. The maximum atomic E-state index is 12.4. The van der Waals surface area contributed by atoms with E-state index in [0.29, 0.717) is 19.4 Å². The van der Waals surface area contributed by atoms with Gasteiger partial charge in [0, 0.05) is 12.8 Å². The minimum atomic E-state index is -0.846. The van der Waals surface area contributed by atoms with Gasteiger partial charge in [0.1, 0.15) is 0 Å². The number of hydrogen-bond acceptors (Lipinski definition) is 5. The third-order valence-electron chi connectivity index (χ3n) is 12.7. The summed E-state index contributed by atoms with van der Waals surface area (Å²) in [6.45, 7) is 4.86. The maximum absolute atomic E-state index is 12.4. The first-order valence-electron chi connectivity index (χ1n) is 27.6. The van der Waals surface area contributed by atoms with E-state index in [-0.39, 0.29) is 18.5 Å². The van der Waals surface area contributed by atoms with Gasteiger partial charge in [-0.05, 0) is 51.4 Å². The fourth-order valence-corrected chi connectivity index (χ4v) is 8.44. The molecule has 0 rings (SSSR count). The summed E-state index contributed by atoms with van der Waals surface area (Å²) in [6, 6.07) is -0.629. The average molecular weight is 874 g/mol. The van der Waals surface area contributed by atoms with E-state index in [9.17, 15) is 19.8 Å². The molecule has 0 aromatic rings. The Kier molecular flexibility index (Phi) is 50.6. The van der Waals surface area contributed by atoms with Gasteiger partial charge in [-0.2, -0.15) is 0 Å². The van der Waals surface area contributed by atoms with E-state index < -0.39 is 12.1 Å². The molecule has 0 aliphatic carbocycles. The van der Waals surface area contributed by atoms with E-state index in [2.05, 4.69) is 31.3 Å². The van der Waals surface area contributed by atoms with Crippen LogP contribution in [0.3, 0.4) is 0 Å². The molecule has 6 heteroatoms. The third-order valence-corrected chi connectivity index (χ3v) is 12.7. The Morgan fingerprint density at radius 3 is 1.19 bits per heavy atom. The molecule has 0 spiro atoms. The summed E-state index contributed by atoms with van der Waals surface area (Å²) >= 11 is 0. The summed E-state index contributed by atoms with van der Waals surface area (Å²) in [5.74, 6) is -0.0730. The lowest BCUT2D eigenvalue weighted by Gasteiger charge is -2.20.